The standard InChI is InChI=1S/C15H24N2O2S/c1-10-6-11(2)15(12(3)7-10)20(18,19)17-9-13(4)16-8-14(17)5/h6-7,13-14,16H,8-9H2,1-5H3. The number of benzene rings is 1. The van der Waals surface area contributed by atoms with Gasteiger partial charge in [-0.1, -0.05) is 17.7 Å². The molecule has 1 N–H and O–H groups in total. The lowest BCUT2D eigenvalue weighted by Crippen LogP contribution is -2.56. The molecule has 20 heavy (non-hydrogen) atoms. The molecule has 1 saturated heterocycles. The lowest BCUT2D eigenvalue weighted by atomic mass is 10.1. The second-order valence-electron chi connectivity index (χ2n) is 5.96. The van der Waals surface area contributed by atoms with Gasteiger partial charge >= 0.3 is 0 Å². The maximum atomic E-state index is 13.0. The molecule has 1 aromatic carbocycles. The molecule has 0 aliphatic carbocycles. The first-order valence-corrected chi connectivity index (χ1v) is 8.50. The third kappa shape index (κ3) is 2.75. The van der Waals surface area contributed by atoms with Crippen molar-refractivity contribution in [2.75, 3.05) is 13.1 Å². The van der Waals surface area contributed by atoms with Crippen molar-refractivity contribution in [3.63, 3.8) is 0 Å². The van der Waals surface area contributed by atoms with E-state index in [2.05, 4.69) is 5.32 Å². The summed E-state index contributed by atoms with van der Waals surface area (Å²) in [5, 5.41) is 3.32. The maximum Gasteiger partial charge on any atom is 0.243 e. The van der Waals surface area contributed by atoms with Gasteiger partial charge in [-0.3, -0.25) is 0 Å². The smallest absolute Gasteiger partial charge is 0.243 e. The third-order valence-corrected chi connectivity index (χ3v) is 6.16. The van der Waals surface area contributed by atoms with E-state index in [0.29, 0.717) is 18.0 Å². The van der Waals surface area contributed by atoms with Crippen LogP contribution in [0.3, 0.4) is 0 Å². The topological polar surface area (TPSA) is 49.4 Å². The predicted octanol–water partition coefficient (Wildman–Crippen LogP) is 1.98. The van der Waals surface area contributed by atoms with E-state index < -0.39 is 10.0 Å². The van der Waals surface area contributed by atoms with Gasteiger partial charge in [-0.05, 0) is 45.7 Å². The van der Waals surface area contributed by atoms with Crippen molar-refractivity contribution in [1.82, 2.24) is 9.62 Å². The average Bonchev–Trinajstić information content (AvgIpc) is 2.30. The second-order valence-corrected chi connectivity index (χ2v) is 7.79. The van der Waals surface area contributed by atoms with Crippen LogP contribution in [0.4, 0.5) is 0 Å². The Morgan fingerprint density at radius 1 is 1.15 bits per heavy atom. The van der Waals surface area contributed by atoms with E-state index in [1.165, 1.54) is 0 Å². The minimum absolute atomic E-state index is 0.0173. The Labute approximate surface area is 122 Å². The van der Waals surface area contributed by atoms with E-state index in [1.54, 1.807) is 4.31 Å². The SMILES string of the molecule is Cc1cc(C)c(S(=O)(=O)N2CC(C)NCC2C)c(C)c1. The fraction of sp³-hybridized carbons (Fsp3) is 0.600. The first-order valence-electron chi connectivity index (χ1n) is 7.06. The number of nitrogens with zero attached hydrogens (tertiary/aromatic N) is 1. The van der Waals surface area contributed by atoms with Gasteiger partial charge < -0.3 is 5.32 Å². The summed E-state index contributed by atoms with van der Waals surface area (Å²) >= 11 is 0. The van der Waals surface area contributed by atoms with E-state index in [1.807, 2.05) is 46.8 Å². The number of nitrogens with one attached hydrogen (secondary N) is 1. The molecule has 112 valence electrons. The van der Waals surface area contributed by atoms with Crippen LogP contribution < -0.4 is 5.32 Å². The van der Waals surface area contributed by atoms with Gasteiger partial charge in [-0.25, -0.2) is 8.42 Å². The van der Waals surface area contributed by atoms with Crippen molar-refractivity contribution >= 4 is 10.0 Å². The van der Waals surface area contributed by atoms with Crippen molar-refractivity contribution in [2.45, 2.75) is 51.6 Å². The lowest BCUT2D eigenvalue weighted by Gasteiger charge is -2.37. The summed E-state index contributed by atoms with van der Waals surface area (Å²) in [4.78, 5) is 0.476. The van der Waals surface area contributed by atoms with Crippen LogP contribution in [0, 0.1) is 20.8 Å². The summed E-state index contributed by atoms with van der Waals surface area (Å²) in [5.41, 5.74) is 2.77. The lowest BCUT2D eigenvalue weighted by molar-refractivity contribution is 0.244. The Bertz CT molecular complexity index is 587. The van der Waals surface area contributed by atoms with Crippen molar-refractivity contribution in [1.29, 1.82) is 0 Å². The van der Waals surface area contributed by atoms with Gasteiger partial charge in [0, 0.05) is 25.2 Å². The van der Waals surface area contributed by atoms with Gasteiger partial charge in [0.1, 0.15) is 0 Å². The first-order chi connectivity index (χ1) is 9.23. The Morgan fingerprint density at radius 2 is 1.70 bits per heavy atom. The van der Waals surface area contributed by atoms with E-state index in [-0.39, 0.29) is 12.1 Å². The van der Waals surface area contributed by atoms with Gasteiger partial charge in [-0.15, -0.1) is 0 Å². The Morgan fingerprint density at radius 3 is 2.25 bits per heavy atom. The summed E-state index contributed by atoms with van der Waals surface area (Å²) < 4.78 is 27.6. The van der Waals surface area contributed by atoms with Crippen molar-refractivity contribution < 1.29 is 8.42 Å². The zero-order valence-electron chi connectivity index (χ0n) is 12.9. The quantitative estimate of drug-likeness (QED) is 0.908. The van der Waals surface area contributed by atoms with E-state index in [9.17, 15) is 8.42 Å². The Kier molecular flexibility index (Phi) is 4.23. The molecule has 1 fully saturated rings. The largest absolute Gasteiger partial charge is 0.311 e. The molecule has 0 spiro atoms. The van der Waals surface area contributed by atoms with Crippen LogP contribution in [-0.2, 0) is 10.0 Å². The highest BCUT2D eigenvalue weighted by Gasteiger charge is 2.35. The highest BCUT2D eigenvalue weighted by atomic mass is 32.2. The van der Waals surface area contributed by atoms with Gasteiger partial charge in [0.2, 0.25) is 10.0 Å². The van der Waals surface area contributed by atoms with Crippen LogP contribution >= 0.6 is 0 Å². The first kappa shape index (κ1) is 15.5. The molecule has 5 heteroatoms. The third-order valence-electron chi connectivity index (χ3n) is 3.88. The molecule has 2 rings (SSSR count). The average molecular weight is 296 g/mol. The van der Waals surface area contributed by atoms with Crippen LogP contribution in [0.1, 0.15) is 30.5 Å². The summed E-state index contributed by atoms with van der Waals surface area (Å²) in [6, 6.07) is 4.05. The van der Waals surface area contributed by atoms with Gasteiger partial charge in [0.15, 0.2) is 0 Å². The second kappa shape index (κ2) is 5.47. The Hall–Kier alpha value is -0.910. The van der Waals surface area contributed by atoms with Crippen LogP contribution in [-0.4, -0.2) is 37.9 Å². The number of sulfonamides is 1. The van der Waals surface area contributed by atoms with E-state index in [4.69, 9.17) is 0 Å². The van der Waals surface area contributed by atoms with Crippen molar-refractivity contribution in [3.8, 4) is 0 Å². The summed E-state index contributed by atoms with van der Waals surface area (Å²) in [6.07, 6.45) is 0. The normalized spacial score (nSPS) is 24.9. The summed E-state index contributed by atoms with van der Waals surface area (Å²) in [5.74, 6) is 0. The summed E-state index contributed by atoms with van der Waals surface area (Å²) in [7, 11) is -3.43. The minimum Gasteiger partial charge on any atom is -0.311 e. The predicted molar refractivity (Wildman–Crippen MR) is 81.5 cm³/mol. The molecule has 1 aliphatic rings. The highest BCUT2D eigenvalue weighted by molar-refractivity contribution is 7.89. The van der Waals surface area contributed by atoms with Crippen LogP contribution in [0.5, 0.6) is 0 Å². The molecule has 0 amide bonds. The maximum absolute atomic E-state index is 13.0. The van der Waals surface area contributed by atoms with Gasteiger partial charge in [0.05, 0.1) is 4.90 Å². The molecular weight excluding hydrogens is 272 g/mol. The molecule has 1 heterocycles. The number of hydrogen-bond acceptors (Lipinski definition) is 3. The zero-order chi connectivity index (χ0) is 15.1. The highest BCUT2D eigenvalue weighted by Crippen LogP contribution is 2.27. The van der Waals surface area contributed by atoms with Crippen LogP contribution in [0.15, 0.2) is 17.0 Å². The fourth-order valence-electron chi connectivity index (χ4n) is 3.01. The molecule has 2 atom stereocenters. The number of piperazine rings is 1. The molecule has 2 unspecified atom stereocenters. The van der Waals surface area contributed by atoms with E-state index >= 15 is 0 Å². The zero-order valence-corrected chi connectivity index (χ0v) is 13.7. The molecule has 1 aromatic rings. The van der Waals surface area contributed by atoms with Crippen molar-refractivity contribution in [2.24, 2.45) is 0 Å². The van der Waals surface area contributed by atoms with Crippen LogP contribution in [0.25, 0.3) is 0 Å². The van der Waals surface area contributed by atoms with Gasteiger partial charge in [-0.2, -0.15) is 4.31 Å². The van der Waals surface area contributed by atoms with E-state index in [0.717, 1.165) is 16.7 Å². The Balaban J connectivity index is 2.50. The summed E-state index contributed by atoms with van der Waals surface area (Å²) in [6.45, 7) is 10.9. The molecule has 0 aromatic heterocycles. The number of rotatable bonds is 2. The molecule has 0 radical (unpaired) electrons. The minimum atomic E-state index is -3.43. The van der Waals surface area contributed by atoms with Crippen molar-refractivity contribution in [3.05, 3.63) is 28.8 Å². The molecule has 0 saturated carbocycles. The number of aryl methyl sites for hydroxylation is 3. The molecule has 4 nitrogen and oxygen atoms in total. The fourth-order valence-corrected chi connectivity index (χ4v) is 5.15. The monoisotopic (exact) mass is 296 g/mol. The number of hydrogen-bond donors (Lipinski definition) is 1. The molecular formula is C15H24N2O2S. The molecule has 1 aliphatic heterocycles. The van der Waals surface area contributed by atoms with Crippen LogP contribution in [0.2, 0.25) is 0 Å². The van der Waals surface area contributed by atoms with Gasteiger partial charge in [0.25, 0.3) is 0 Å². The molecule has 0 bridgehead atoms.